The molecule has 2 rings (SSSR count). The minimum Gasteiger partial charge on any atom is -0.494 e. The second-order valence-electron chi connectivity index (χ2n) is 4.40. The van der Waals surface area contributed by atoms with Crippen LogP contribution in [0.15, 0.2) is 42.5 Å². The van der Waals surface area contributed by atoms with Gasteiger partial charge in [0.1, 0.15) is 5.75 Å². The van der Waals surface area contributed by atoms with Gasteiger partial charge in [0.15, 0.2) is 0 Å². The Hall–Kier alpha value is -2.16. The van der Waals surface area contributed by atoms with Crippen LogP contribution in [0.1, 0.15) is 19.4 Å². The molecule has 0 spiro atoms. The molecule has 100 valence electrons. The van der Waals surface area contributed by atoms with E-state index in [4.69, 9.17) is 10.5 Å². The Morgan fingerprint density at radius 2 is 1.74 bits per heavy atom. The van der Waals surface area contributed by atoms with Crippen molar-refractivity contribution in [1.82, 2.24) is 0 Å². The molecule has 19 heavy (non-hydrogen) atoms. The summed E-state index contributed by atoms with van der Waals surface area (Å²) in [6.07, 6.45) is 1.05. The monoisotopic (exact) mass is 256 g/mol. The minimum atomic E-state index is 0.633. The molecule has 2 aromatic rings. The number of nitrogen functional groups attached to an aromatic ring is 1. The maximum absolute atomic E-state index is 5.87. The second kappa shape index (κ2) is 6.14. The number of nitrogens with one attached hydrogen (secondary N) is 1. The van der Waals surface area contributed by atoms with E-state index in [0.29, 0.717) is 12.3 Å². The lowest BCUT2D eigenvalue weighted by Crippen LogP contribution is -1.97. The van der Waals surface area contributed by atoms with Crippen LogP contribution in [0.3, 0.4) is 0 Å². The molecule has 3 nitrogen and oxygen atoms in total. The van der Waals surface area contributed by atoms with Crippen LogP contribution in [-0.2, 0) is 6.42 Å². The lowest BCUT2D eigenvalue weighted by Gasteiger charge is -2.11. The molecule has 0 fully saturated rings. The van der Waals surface area contributed by atoms with Crippen molar-refractivity contribution in [3.05, 3.63) is 48.0 Å². The summed E-state index contributed by atoms with van der Waals surface area (Å²) in [5, 5.41) is 3.33. The molecule has 0 aliphatic rings. The van der Waals surface area contributed by atoms with Gasteiger partial charge in [-0.3, -0.25) is 0 Å². The van der Waals surface area contributed by atoms with Gasteiger partial charge < -0.3 is 15.8 Å². The smallest absolute Gasteiger partial charge is 0.123 e. The zero-order chi connectivity index (χ0) is 13.7. The second-order valence-corrected chi connectivity index (χ2v) is 4.40. The molecule has 0 unspecified atom stereocenters. The van der Waals surface area contributed by atoms with Gasteiger partial charge in [0, 0.05) is 29.2 Å². The average Bonchev–Trinajstić information content (AvgIpc) is 2.39. The quantitative estimate of drug-likeness (QED) is 0.796. The standard InChI is InChI=1S/C16H20N2O/c1-3-12-5-7-14(8-6-12)18-15-9-13(17)10-16(11-15)19-4-2/h5-11,18H,3-4,17H2,1-2H3. The van der Waals surface area contributed by atoms with Crippen molar-refractivity contribution in [2.75, 3.05) is 17.7 Å². The van der Waals surface area contributed by atoms with Crippen LogP contribution in [0.4, 0.5) is 17.1 Å². The zero-order valence-electron chi connectivity index (χ0n) is 11.4. The molecular formula is C16H20N2O. The van der Waals surface area contributed by atoms with E-state index in [-0.39, 0.29) is 0 Å². The van der Waals surface area contributed by atoms with Crippen molar-refractivity contribution >= 4 is 17.1 Å². The van der Waals surface area contributed by atoms with Crippen LogP contribution in [-0.4, -0.2) is 6.61 Å². The van der Waals surface area contributed by atoms with Crippen molar-refractivity contribution in [3.63, 3.8) is 0 Å². The predicted octanol–water partition coefficient (Wildman–Crippen LogP) is 3.97. The molecule has 0 bridgehead atoms. The molecule has 0 aromatic heterocycles. The van der Waals surface area contributed by atoms with Crippen molar-refractivity contribution < 1.29 is 4.74 Å². The first-order valence-corrected chi connectivity index (χ1v) is 6.60. The molecule has 0 heterocycles. The Balaban J connectivity index is 2.17. The number of ether oxygens (including phenoxy) is 1. The molecule has 0 saturated heterocycles. The van der Waals surface area contributed by atoms with E-state index in [0.717, 1.165) is 23.5 Å². The first-order valence-electron chi connectivity index (χ1n) is 6.60. The van der Waals surface area contributed by atoms with Gasteiger partial charge in [-0.05, 0) is 37.1 Å². The lowest BCUT2D eigenvalue weighted by molar-refractivity contribution is 0.340. The molecule has 0 saturated carbocycles. The fourth-order valence-electron chi connectivity index (χ4n) is 1.93. The molecule has 0 aliphatic heterocycles. The van der Waals surface area contributed by atoms with Crippen molar-refractivity contribution in [2.24, 2.45) is 0 Å². The molecule has 3 heteroatoms. The maximum atomic E-state index is 5.87. The van der Waals surface area contributed by atoms with Crippen LogP contribution in [0, 0.1) is 0 Å². The van der Waals surface area contributed by atoms with Gasteiger partial charge in [-0.1, -0.05) is 19.1 Å². The summed E-state index contributed by atoms with van der Waals surface area (Å²) in [5.74, 6) is 0.787. The van der Waals surface area contributed by atoms with E-state index in [9.17, 15) is 0 Å². The normalized spacial score (nSPS) is 10.2. The molecule has 0 amide bonds. The Morgan fingerprint density at radius 3 is 2.37 bits per heavy atom. The van der Waals surface area contributed by atoms with Crippen LogP contribution in [0.5, 0.6) is 5.75 Å². The van der Waals surface area contributed by atoms with Crippen molar-refractivity contribution in [1.29, 1.82) is 0 Å². The summed E-state index contributed by atoms with van der Waals surface area (Å²) in [7, 11) is 0. The highest BCUT2D eigenvalue weighted by molar-refractivity contribution is 5.66. The maximum Gasteiger partial charge on any atom is 0.123 e. The van der Waals surface area contributed by atoms with E-state index in [1.807, 2.05) is 25.1 Å². The first kappa shape index (κ1) is 13.3. The van der Waals surface area contributed by atoms with E-state index >= 15 is 0 Å². The third-order valence-corrected chi connectivity index (χ3v) is 2.89. The fourth-order valence-corrected chi connectivity index (χ4v) is 1.93. The van der Waals surface area contributed by atoms with E-state index in [1.165, 1.54) is 5.56 Å². The van der Waals surface area contributed by atoms with Gasteiger partial charge in [0.05, 0.1) is 6.61 Å². The van der Waals surface area contributed by atoms with Gasteiger partial charge in [-0.15, -0.1) is 0 Å². The van der Waals surface area contributed by atoms with Crippen LogP contribution >= 0.6 is 0 Å². The predicted molar refractivity (Wildman–Crippen MR) is 81.1 cm³/mol. The van der Waals surface area contributed by atoms with E-state index in [2.05, 4.69) is 36.5 Å². The summed E-state index contributed by atoms with van der Waals surface area (Å²) in [6, 6.07) is 14.1. The summed E-state index contributed by atoms with van der Waals surface area (Å²) < 4.78 is 5.48. The number of benzene rings is 2. The number of anilines is 3. The number of nitrogens with two attached hydrogens (primary N) is 1. The van der Waals surface area contributed by atoms with E-state index in [1.54, 1.807) is 0 Å². The Bertz CT molecular complexity index is 535. The Kier molecular flexibility index (Phi) is 4.29. The molecular weight excluding hydrogens is 236 g/mol. The van der Waals surface area contributed by atoms with Crippen LogP contribution in [0.2, 0.25) is 0 Å². The Morgan fingerprint density at radius 1 is 1.00 bits per heavy atom. The summed E-state index contributed by atoms with van der Waals surface area (Å²) >= 11 is 0. The van der Waals surface area contributed by atoms with Gasteiger partial charge in [-0.25, -0.2) is 0 Å². The first-order chi connectivity index (χ1) is 9.21. The van der Waals surface area contributed by atoms with Gasteiger partial charge in [0.25, 0.3) is 0 Å². The number of aryl methyl sites for hydroxylation is 1. The molecule has 0 aliphatic carbocycles. The van der Waals surface area contributed by atoms with Crippen molar-refractivity contribution in [3.8, 4) is 5.75 Å². The number of rotatable bonds is 5. The molecule has 0 radical (unpaired) electrons. The summed E-state index contributed by atoms with van der Waals surface area (Å²) in [4.78, 5) is 0. The highest BCUT2D eigenvalue weighted by Crippen LogP contribution is 2.25. The van der Waals surface area contributed by atoms with Gasteiger partial charge >= 0.3 is 0 Å². The highest BCUT2D eigenvalue weighted by atomic mass is 16.5. The van der Waals surface area contributed by atoms with Crippen LogP contribution in [0.25, 0.3) is 0 Å². The Labute approximate surface area is 114 Å². The highest BCUT2D eigenvalue weighted by Gasteiger charge is 2.00. The largest absolute Gasteiger partial charge is 0.494 e. The number of hydrogen-bond acceptors (Lipinski definition) is 3. The van der Waals surface area contributed by atoms with E-state index < -0.39 is 0 Å². The average molecular weight is 256 g/mol. The third-order valence-electron chi connectivity index (χ3n) is 2.89. The van der Waals surface area contributed by atoms with Crippen LogP contribution < -0.4 is 15.8 Å². The molecule has 3 N–H and O–H groups in total. The SMILES string of the molecule is CCOc1cc(N)cc(Nc2ccc(CC)cc2)c1. The minimum absolute atomic E-state index is 0.633. The van der Waals surface area contributed by atoms with Gasteiger partial charge in [-0.2, -0.15) is 0 Å². The topological polar surface area (TPSA) is 47.3 Å². The molecule has 0 atom stereocenters. The molecule has 2 aromatic carbocycles. The van der Waals surface area contributed by atoms with Gasteiger partial charge in [0.2, 0.25) is 0 Å². The lowest BCUT2D eigenvalue weighted by atomic mass is 10.1. The fraction of sp³-hybridized carbons (Fsp3) is 0.250. The zero-order valence-corrected chi connectivity index (χ0v) is 11.4. The van der Waals surface area contributed by atoms with Crippen molar-refractivity contribution in [2.45, 2.75) is 20.3 Å². The third kappa shape index (κ3) is 3.65. The summed E-state index contributed by atoms with van der Waals surface area (Å²) in [6.45, 7) is 4.74. The summed E-state index contributed by atoms with van der Waals surface area (Å²) in [5.41, 5.74) is 9.87. The number of hydrogen-bond donors (Lipinski definition) is 2.